The predicted molar refractivity (Wildman–Crippen MR) is 97.4 cm³/mol. The van der Waals surface area contributed by atoms with Crippen molar-refractivity contribution in [2.45, 2.75) is 12.5 Å². The monoisotopic (exact) mass is 402 g/mol. The number of carbonyl (C=O) groups is 2. The summed E-state index contributed by atoms with van der Waals surface area (Å²) in [6.07, 6.45) is 0.0271. The third kappa shape index (κ3) is 3.33. The Hall–Kier alpha value is -1.46. The largest absolute Gasteiger partial charge is 0.373 e. The van der Waals surface area contributed by atoms with Crippen molar-refractivity contribution in [1.82, 2.24) is 0 Å². The Kier molecular flexibility index (Phi) is 4.92. The van der Waals surface area contributed by atoms with Crippen LogP contribution in [-0.2, 0) is 9.59 Å². The van der Waals surface area contributed by atoms with Gasteiger partial charge in [-0.1, -0.05) is 46.4 Å². The van der Waals surface area contributed by atoms with Crippen molar-refractivity contribution in [3.8, 4) is 0 Å². The Labute approximate surface area is 158 Å². The molecular formula is C16H10Cl4N2O2. The van der Waals surface area contributed by atoms with E-state index in [1.54, 1.807) is 30.3 Å². The molecule has 8 heteroatoms. The fourth-order valence-electron chi connectivity index (χ4n) is 2.43. The first kappa shape index (κ1) is 17.4. The molecule has 4 nitrogen and oxygen atoms in total. The molecule has 0 aromatic heterocycles. The highest BCUT2D eigenvalue weighted by molar-refractivity contribution is 6.42. The second-order valence-electron chi connectivity index (χ2n) is 5.20. The van der Waals surface area contributed by atoms with Gasteiger partial charge in [-0.25, -0.2) is 4.90 Å². The van der Waals surface area contributed by atoms with E-state index in [2.05, 4.69) is 5.32 Å². The molecule has 0 bridgehead atoms. The molecule has 2 amide bonds. The molecule has 0 saturated carbocycles. The number of benzene rings is 2. The lowest BCUT2D eigenvalue weighted by atomic mass is 10.2. The molecule has 0 unspecified atom stereocenters. The molecule has 124 valence electrons. The van der Waals surface area contributed by atoms with Crippen molar-refractivity contribution in [3.63, 3.8) is 0 Å². The van der Waals surface area contributed by atoms with E-state index in [1.165, 1.54) is 6.07 Å². The number of anilines is 2. The van der Waals surface area contributed by atoms with Gasteiger partial charge in [0.05, 0.1) is 32.2 Å². The zero-order chi connectivity index (χ0) is 17.4. The molecule has 3 rings (SSSR count). The quantitative estimate of drug-likeness (QED) is 0.730. The molecule has 1 aliphatic rings. The van der Waals surface area contributed by atoms with Gasteiger partial charge in [-0.3, -0.25) is 9.59 Å². The van der Waals surface area contributed by atoms with E-state index in [0.29, 0.717) is 26.4 Å². The maximum Gasteiger partial charge on any atom is 0.256 e. The molecule has 1 fully saturated rings. The van der Waals surface area contributed by atoms with E-state index in [1.807, 2.05) is 0 Å². The highest BCUT2D eigenvalue weighted by Crippen LogP contribution is 2.31. The minimum Gasteiger partial charge on any atom is -0.373 e. The lowest BCUT2D eigenvalue weighted by molar-refractivity contribution is -0.121. The Morgan fingerprint density at radius 1 is 0.875 bits per heavy atom. The molecule has 0 aliphatic carbocycles. The molecule has 2 aromatic rings. The number of imide groups is 1. The van der Waals surface area contributed by atoms with E-state index in [4.69, 9.17) is 46.4 Å². The van der Waals surface area contributed by atoms with Crippen LogP contribution < -0.4 is 10.2 Å². The third-order valence-corrected chi connectivity index (χ3v) is 5.05. The first-order valence-electron chi connectivity index (χ1n) is 6.90. The molecule has 1 heterocycles. The van der Waals surface area contributed by atoms with Gasteiger partial charge in [-0.05, 0) is 36.4 Å². The van der Waals surface area contributed by atoms with E-state index in [0.717, 1.165) is 4.90 Å². The lowest BCUT2D eigenvalue weighted by Gasteiger charge is -2.17. The number of hydrogen-bond donors (Lipinski definition) is 1. The van der Waals surface area contributed by atoms with E-state index in [9.17, 15) is 9.59 Å². The Balaban J connectivity index is 1.83. The molecule has 1 atom stereocenters. The van der Waals surface area contributed by atoms with Crippen LogP contribution in [0.4, 0.5) is 11.4 Å². The molecule has 1 saturated heterocycles. The number of carbonyl (C=O) groups excluding carboxylic acids is 2. The summed E-state index contributed by atoms with van der Waals surface area (Å²) in [7, 11) is 0. The van der Waals surface area contributed by atoms with Crippen LogP contribution in [0.1, 0.15) is 6.42 Å². The van der Waals surface area contributed by atoms with Crippen LogP contribution in [0.25, 0.3) is 0 Å². The van der Waals surface area contributed by atoms with Crippen molar-refractivity contribution in [2.24, 2.45) is 0 Å². The number of hydrogen-bond acceptors (Lipinski definition) is 3. The average molecular weight is 404 g/mol. The predicted octanol–water partition coefficient (Wildman–Crippen LogP) is 5.04. The van der Waals surface area contributed by atoms with Crippen molar-refractivity contribution >= 4 is 69.6 Å². The van der Waals surface area contributed by atoms with Gasteiger partial charge in [0.1, 0.15) is 6.04 Å². The summed E-state index contributed by atoms with van der Waals surface area (Å²) < 4.78 is 0. The first-order valence-corrected chi connectivity index (χ1v) is 8.41. The van der Waals surface area contributed by atoms with Gasteiger partial charge in [0, 0.05) is 5.69 Å². The van der Waals surface area contributed by atoms with Gasteiger partial charge in [0.15, 0.2) is 0 Å². The van der Waals surface area contributed by atoms with Crippen molar-refractivity contribution < 1.29 is 9.59 Å². The van der Waals surface area contributed by atoms with Gasteiger partial charge >= 0.3 is 0 Å². The number of halogens is 4. The highest BCUT2D eigenvalue weighted by Gasteiger charge is 2.39. The van der Waals surface area contributed by atoms with Crippen molar-refractivity contribution in [3.05, 3.63) is 56.5 Å². The van der Waals surface area contributed by atoms with Crippen molar-refractivity contribution in [2.75, 3.05) is 10.2 Å². The molecule has 24 heavy (non-hydrogen) atoms. The number of rotatable bonds is 3. The topological polar surface area (TPSA) is 49.4 Å². The average Bonchev–Trinajstić information content (AvgIpc) is 2.80. The second-order valence-corrected chi connectivity index (χ2v) is 6.82. The van der Waals surface area contributed by atoms with Crippen LogP contribution in [-0.4, -0.2) is 17.9 Å². The lowest BCUT2D eigenvalue weighted by Crippen LogP contribution is -2.34. The van der Waals surface area contributed by atoms with Crippen LogP contribution in [0, 0.1) is 0 Å². The van der Waals surface area contributed by atoms with E-state index >= 15 is 0 Å². The van der Waals surface area contributed by atoms with Crippen LogP contribution >= 0.6 is 46.4 Å². The maximum atomic E-state index is 12.6. The second kappa shape index (κ2) is 6.81. The maximum absolute atomic E-state index is 12.6. The smallest absolute Gasteiger partial charge is 0.256 e. The summed E-state index contributed by atoms with van der Waals surface area (Å²) in [6, 6.07) is 8.82. The van der Waals surface area contributed by atoms with Crippen LogP contribution in [0.15, 0.2) is 36.4 Å². The van der Waals surface area contributed by atoms with Gasteiger partial charge < -0.3 is 5.32 Å². The SMILES string of the molecule is O=C1C[C@@H](Nc2ccc(Cl)c(Cl)c2)C(=O)N1c1ccc(Cl)c(Cl)c1. The summed E-state index contributed by atoms with van der Waals surface area (Å²) >= 11 is 23.7. The molecule has 1 aliphatic heterocycles. The minimum atomic E-state index is -0.691. The standard InChI is InChI=1S/C16H10Cl4N2O2/c17-10-3-1-8(5-12(10)19)21-14-7-15(23)22(16(14)24)9-2-4-11(18)13(20)6-9/h1-6,14,21H,7H2/t14-/m1/s1. The first-order chi connectivity index (χ1) is 11.4. The molecule has 2 aromatic carbocycles. The van der Waals surface area contributed by atoms with Crippen LogP contribution in [0.5, 0.6) is 0 Å². The molecular weight excluding hydrogens is 394 g/mol. The summed E-state index contributed by atoms with van der Waals surface area (Å²) in [6.45, 7) is 0. The zero-order valence-electron chi connectivity index (χ0n) is 12.0. The fraction of sp³-hybridized carbons (Fsp3) is 0.125. The summed E-state index contributed by atoms with van der Waals surface area (Å²) in [4.78, 5) is 25.9. The number of nitrogens with zero attached hydrogens (tertiary/aromatic N) is 1. The summed E-state index contributed by atoms with van der Waals surface area (Å²) in [5.41, 5.74) is 0.990. The Bertz CT molecular complexity index is 841. The van der Waals surface area contributed by atoms with Gasteiger partial charge in [0.2, 0.25) is 5.91 Å². The summed E-state index contributed by atoms with van der Waals surface area (Å²) in [5, 5.41) is 4.40. The van der Waals surface area contributed by atoms with Gasteiger partial charge in [-0.2, -0.15) is 0 Å². The normalized spacial score (nSPS) is 17.5. The molecule has 0 radical (unpaired) electrons. The zero-order valence-corrected chi connectivity index (χ0v) is 15.0. The van der Waals surface area contributed by atoms with Gasteiger partial charge in [0.25, 0.3) is 5.91 Å². The third-order valence-electron chi connectivity index (χ3n) is 3.57. The molecule has 0 spiro atoms. The molecule has 1 N–H and O–H groups in total. The van der Waals surface area contributed by atoms with E-state index in [-0.39, 0.29) is 23.3 Å². The van der Waals surface area contributed by atoms with Crippen LogP contribution in [0.3, 0.4) is 0 Å². The fourth-order valence-corrected chi connectivity index (χ4v) is 3.02. The summed E-state index contributed by atoms with van der Waals surface area (Å²) in [5.74, 6) is -0.694. The Morgan fingerprint density at radius 3 is 2.12 bits per heavy atom. The van der Waals surface area contributed by atoms with Crippen LogP contribution in [0.2, 0.25) is 20.1 Å². The highest BCUT2D eigenvalue weighted by atomic mass is 35.5. The van der Waals surface area contributed by atoms with E-state index < -0.39 is 6.04 Å². The Morgan fingerprint density at radius 2 is 1.50 bits per heavy atom. The number of amides is 2. The van der Waals surface area contributed by atoms with Gasteiger partial charge in [-0.15, -0.1) is 0 Å². The van der Waals surface area contributed by atoms with Crippen molar-refractivity contribution in [1.29, 1.82) is 0 Å². The number of nitrogens with one attached hydrogen (secondary N) is 1. The minimum absolute atomic E-state index is 0.0271.